The van der Waals surface area contributed by atoms with Crippen molar-refractivity contribution in [3.63, 3.8) is 0 Å². The molecule has 0 aliphatic heterocycles. The van der Waals surface area contributed by atoms with Crippen molar-refractivity contribution in [2.75, 3.05) is 7.11 Å². The summed E-state index contributed by atoms with van der Waals surface area (Å²) in [6.45, 7) is 0. The van der Waals surface area contributed by atoms with E-state index in [1.807, 2.05) is 30.5 Å². The number of fused-ring (bicyclic) bond motifs is 5. The zero-order chi connectivity index (χ0) is 13.7. The maximum Gasteiger partial charge on any atom is 0.123 e. The first-order valence-corrected chi connectivity index (χ1v) is 7.02. The van der Waals surface area contributed by atoms with E-state index in [1.165, 1.54) is 6.07 Å². The summed E-state index contributed by atoms with van der Waals surface area (Å²) >= 11 is 1.63. The van der Waals surface area contributed by atoms with E-state index in [2.05, 4.69) is 4.98 Å². The van der Waals surface area contributed by atoms with Crippen molar-refractivity contribution in [2.45, 2.75) is 0 Å². The minimum absolute atomic E-state index is 0.218. The Morgan fingerprint density at radius 3 is 2.80 bits per heavy atom. The SMILES string of the molecule is COc1ccc2ncc3sc4ccc(F)cc4c3c2c1. The highest BCUT2D eigenvalue weighted by Gasteiger charge is 2.11. The van der Waals surface area contributed by atoms with E-state index in [1.54, 1.807) is 24.5 Å². The molecular weight excluding hydrogens is 273 g/mol. The number of benzene rings is 2. The van der Waals surface area contributed by atoms with Gasteiger partial charge in [-0.1, -0.05) is 0 Å². The van der Waals surface area contributed by atoms with E-state index in [-0.39, 0.29) is 5.82 Å². The monoisotopic (exact) mass is 283 g/mol. The molecule has 0 saturated carbocycles. The van der Waals surface area contributed by atoms with Gasteiger partial charge in [0, 0.05) is 27.1 Å². The Morgan fingerprint density at radius 1 is 1.05 bits per heavy atom. The molecule has 4 rings (SSSR count). The highest BCUT2D eigenvalue weighted by molar-refractivity contribution is 7.26. The summed E-state index contributed by atoms with van der Waals surface area (Å²) in [6.07, 6.45) is 1.85. The van der Waals surface area contributed by atoms with Gasteiger partial charge in [0.15, 0.2) is 0 Å². The van der Waals surface area contributed by atoms with E-state index in [0.717, 1.165) is 36.8 Å². The minimum atomic E-state index is -0.218. The fourth-order valence-electron chi connectivity index (χ4n) is 2.54. The van der Waals surface area contributed by atoms with Crippen molar-refractivity contribution in [1.82, 2.24) is 4.98 Å². The van der Waals surface area contributed by atoms with Crippen molar-refractivity contribution < 1.29 is 9.13 Å². The van der Waals surface area contributed by atoms with Crippen molar-refractivity contribution >= 4 is 42.4 Å². The van der Waals surface area contributed by atoms with Gasteiger partial charge in [-0.25, -0.2) is 4.39 Å². The van der Waals surface area contributed by atoms with Gasteiger partial charge in [0.25, 0.3) is 0 Å². The number of pyridine rings is 1. The summed E-state index contributed by atoms with van der Waals surface area (Å²) in [5, 5.41) is 2.98. The summed E-state index contributed by atoms with van der Waals surface area (Å²) in [7, 11) is 1.64. The third-order valence-electron chi connectivity index (χ3n) is 3.47. The molecule has 2 aromatic heterocycles. The van der Waals surface area contributed by atoms with Crippen molar-refractivity contribution in [3.8, 4) is 5.75 Å². The van der Waals surface area contributed by atoms with E-state index >= 15 is 0 Å². The van der Waals surface area contributed by atoms with Crippen LogP contribution in [0.4, 0.5) is 4.39 Å². The van der Waals surface area contributed by atoms with Gasteiger partial charge >= 0.3 is 0 Å². The Hall–Kier alpha value is -2.20. The van der Waals surface area contributed by atoms with Crippen LogP contribution in [0.25, 0.3) is 31.1 Å². The van der Waals surface area contributed by atoms with Crippen LogP contribution in [0.1, 0.15) is 0 Å². The van der Waals surface area contributed by atoms with Crippen molar-refractivity contribution in [2.24, 2.45) is 0 Å². The average molecular weight is 283 g/mol. The van der Waals surface area contributed by atoms with Gasteiger partial charge in [-0.3, -0.25) is 4.98 Å². The maximum absolute atomic E-state index is 13.6. The minimum Gasteiger partial charge on any atom is -0.497 e. The molecule has 0 aliphatic carbocycles. The molecule has 0 atom stereocenters. The Morgan fingerprint density at radius 2 is 1.95 bits per heavy atom. The van der Waals surface area contributed by atoms with Gasteiger partial charge < -0.3 is 4.74 Å². The Balaban J connectivity index is 2.26. The lowest BCUT2D eigenvalue weighted by Crippen LogP contribution is -1.84. The smallest absolute Gasteiger partial charge is 0.123 e. The van der Waals surface area contributed by atoms with Crippen LogP contribution < -0.4 is 4.74 Å². The quantitative estimate of drug-likeness (QED) is 0.503. The molecule has 0 bridgehead atoms. The lowest BCUT2D eigenvalue weighted by molar-refractivity contribution is 0.415. The van der Waals surface area contributed by atoms with Crippen molar-refractivity contribution in [3.05, 3.63) is 48.4 Å². The number of nitrogens with zero attached hydrogens (tertiary/aromatic N) is 1. The van der Waals surface area contributed by atoms with Crippen LogP contribution in [-0.2, 0) is 0 Å². The lowest BCUT2D eigenvalue weighted by atomic mass is 10.1. The van der Waals surface area contributed by atoms with Crippen LogP contribution in [0.3, 0.4) is 0 Å². The van der Waals surface area contributed by atoms with Crippen LogP contribution in [0.15, 0.2) is 42.6 Å². The fourth-order valence-corrected chi connectivity index (χ4v) is 3.61. The zero-order valence-corrected chi connectivity index (χ0v) is 11.5. The van der Waals surface area contributed by atoms with E-state index in [9.17, 15) is 4.39 Å². The number of halogens is 1. The highest BCUT2D eigenvalue weighted by atomic mass is 32.1. The molecular formula is C16H10FNOS. The van der Waals surface area contributed by atoms with Crippen LogP contribution >= 0.6 is 11.3 Å². The van der Waals surface area contributed by atoms with Gasteiger partial charge in [-0.15, -0.1) is 11.3 Å². The number of hydrogen-bond donors (Lipinski definition) is 0. The summed E-state index contributed by atoms with van der Waals surface area (Å²) in [5.41, 5.74) is 0.891. The molecule has 4 heteroatoms. The Bertz CT molecular complexity index is 961. The molecule has 0 fully saturated rings. The van der Waals surface area contributed by atoms with Gasteiger partial charge in [0.05, 0.1) is 17.3 Å². The Labute approximate surface area is 118 Å². The summed E-state index contributed by atoms with van der Waals surface area (Å²) in [5.74, 6) is 0.563. The van der Waals surface area contributed by atoms with Gasteiger partial charge in [-0.05, 0) is 36.4 Å². The third-order valence-corrected chi connectivity index (χ3v) is 4.58. The highest BCUT2D eigenvalue weighted by Crippen LogP contribution is 2.38. The zero-order valence-electron chi connectivity index (χ0n) is 10.7. The number of aromatic nitrogens is 1. The summed E-state index contributed by atoms with van der Waals surface area (Å²) < 4.78 is 21.0. The van der Waals surface area contributed by atoms with E-state index < -0.39 is 0 Å². The largest absolute Gasteiger partial charge is 0.497 e. The predicted octanol–water partition coefficient (Wildman–Crippen LogP) is 4.75. The first-order valence-electron chi connectivity index (χ1n) is 6.21. The lowest BCUT2D eigenvalue weighted by Gasteiger charge is -2.03. The predicted molar refractivity (Wildman–Crippen MR) is 81.1 cm³/mol. The molecule has 2 aromatic carbocycles. The number of ether oxygens (including phenoxy) is 1. The first-order chi connectivity index (χ1) is 9.76. The van der Waals surface area contributed by atoms with Gasteiger partial charge in [-0.2, -0.15) is 0 Å². The molecule has 0 amide bonds. The standard InChI is InChI=1S/C16H10FNOS/c1-19-10-3-4-13-11(7-10)16-12-6-9(17)2-5-14(12)20-15(16)8-18-13/h2-8H,1H3. The van der Waals surface area contributed by atoms with Crippen LogP contribution in [0.5, 0.6) is 5.75 Å². The topological polar surface area (TPSA) is 22.1 Å². The first kappa shape index (κ1) is 11.6. The molecule has 0 saturated heterocycles. The molecule has 0 N–H and O–H groups in total. The third kappa shape index (κ3) is 1.58. The van der Waals surface area contributed by atoms with E-state index in [4.69, 9.17) is 4.74 Å². The molecule has 0 unspecified atom stereocenters. The molecule has 4 aromatic rings. The normalized spacial score (nSPS) is 11.5. The van der Waals surface area contributed by atoms with Gasteiger partial charge in [0.2, 0.25) is 0 Å². The average Bonchev–Trinajstić information content (AvgIpc) is 2.84. The number of methoxy groups -OCH3 is 1. The second-order valence-corrected chi connectivity index (χ2v) is 5.71. The van der Waals surface area contributed by atoms with Crippen LogP contribution in [0.2, 0.25) is 0 Å². The van der Waals surface area contributed by atoms with E-state index in [0.29, 0.717) is 0 Å². The molecule has 20 heavy (non-hydrogen) atoms. The number of thiophene rings is 1. The number of rotatable bonds is 1. The second kappa shape index (κ2) is 4.15. The van der Waals surface area contributed by atoms with Crippen LogP contribution in [-0.4, -0.2) is 12.1 Å². The summed E-state index contributed by atoms with van der Waals surface area (Å²) in [6, 6.07) is 10.7. The molecule has 2 heterocycles. The summed E-state index contributed by atoms with van der Waals surface area (Å²) in [4.78, 5) is 4.46. The molecule has 0 radical (unpaired) electrons. The fraction of sp³-hybridized carbons (Fsp3) is 0.0625. The molecule has 98 valence electrons. The molecule has 0 aliphatic rings. The Kier molecular flexibility index (Phi) is 2.41. The van der Waals surface area contributed by atoms with Crippen LogP contribution in [0, 0.1) is 5.82 Å². The second-order valence-electron chi connectivity index (χ2n) is 4.62. The molecule has 2 nitrogen and oxygen atoms in total. The number of hydrogen-bond acceptors (Lipinski definition) is 3. The van der Waals surface area contributed by atoms with Gasteiger partial charge in [0.1, 0.15) is 11.6 Å². The van der Waals surface area contributed by atoms with Crippen molar-refractivity contribution in [1.29, 1.82) is 0 Å². The molecule has 0 spiro atoms. The maximum atomic E-state index is 13.6.